The van der Waals surface area contributed by atoms with Crippen molar-refractivity contribution >= 4 is 33.6 Å². The van der Waals surface area contributed by atoms with Crippen LogP contribution in [0.4, 0.5) is 4.39 Å². The molecule has 19 heavy (non-hydrogen) atoms. The Hall–Kier alpha value is -0.590. The second-order valence-electron chi connectivity index (χ2n) is 4.58. The number of thioether (sulfide) groups is 1. The molecule has 1 aliphatic rings. The Morgan fingerprint density at radius 3 is 2.79 bits per heavy atom. The van der Waals surface area contributed by atoms with E-state index in [1.54, 1.807) is 23.9 Å². The first-order valence-corrected chi connectivity index (χ1v) is 7.98. The van der Waals surface area contributed by atoms with E-state index in [1.807, 2.05) is 0 Å². The van der Waals surface area contributed by atoms with Crippen molar-refractivity contribution in [3.05, 3.63) is 34.1 Å². The van der Waals surface area contributed by atoms with Crippen LogP contribution in [0.2, 0.25) is 0 Å². The van der Waals surface area contributed by atoms with Crippen molar-refractivity contribution in [2.45, 2.75) is 25.0 Å². The minimum Gasteiger partial charge on any atom is -0.380 e. The zero-order valence-electron chi connectivity index (χ0n) is 10.3. The zero-order valence-corrected chi connectivity index (χ0v) is 12.7. The summed E-state index contributed by atoms with van der Waals surface area (Å²) in [7, 11) is 0. The summed E-state index contributed by atoms with van der Waals surface area (Å²) in [6.07, 6.45) is 0.941. The van der Waals surface area contributed by atoms with Gasteiger partial charge in [0.2, 0.25) is 0 Å². The zero-order chi connectivity index (χ0) is 13.9. The molecule has 0 saturated carbocycles. The van der Waals surface area contributed by atoms with Crippen LogP contribution in [-0.4, -0.2) is 28.1 Å². The van der Waals surface area contributed by atoms with Crippen LogP contribution in [0.3, 0.4) is 0 Å². The van der Waals surface area contributed by atoms with E-state index >= 15 is 0 Å². The molecule has 2 rings (SSSR count). The number of benzene rings is 1. The SMILES string of the molecule is O=C(NCc1ccc(Br)c(F)c1)C1(O)CCSCC1. The molecule has 1 aromatic rings. The highest BCUT2D eigenvalue weighted by Crippen LogP contribution is 2.27. The third kappa shape index (κ3) is 3.70. The summed E-state index contributed by atoms with van der Waals surface area (Å²) in [6.45, 7) is 0.221. The van der Waals surface area contributed by atoms with Crippen molar-refractivity contribution in [2.24, 2.45) is 0 Å². The van der Waals surface area contributed by atoms with Gasteiger partial charge in [-0.3, -0.25) is 4.79 Å². The lowest BCUT2D eigenvalue weighted by Gasteiger charge is -2.30. The Kier molecular flexibility index (Phi) is 4.86. The van der Waals surface area contributed by atoms with Crippen molar-refractivity contribution in [1.29, 1.82) is 0 Å². The van der Waals surface area contributed by atoms with Gasteiger partial charge in [0.1, 0.15) is 11.4 Å². The van der Waals surface area contributed by atoms with Crippen LogP contribution in [0.25, 0.3) is 0 Å². The standard InChI is InChI=1S/C13H15BrFNO2S/c14-10-2-1-9(7-11(10)15)8-16-12(17)13(18)3-5-19-6-4-13/h1-2,7,18H,3-6,8H2,(H,16,17). The molecule has 1 fully saturated rings. The summed E-state index contributed by atoms with van der Waals surface area (Å²) in [6, 6.07) is 4.70. The van der Waals surface area contributed by atoms with E-state index in [9.17, 15) is 14.3 Å². The van der Waals surface area contributed by atoms with E-state index in [0.717, 1.165) is 11.5 Å². The van der Waals surface area contributed by atoms with E-state index in [0.29, 0.717) is 22.9 Å². The Balaban J connectivity index is 1.94. The van der Waals surface area contributed by atoms with E-state index in [2.05, 4.69) is 21.2 Å². The fourth-order valence-corrected chi connectivity index (χ4v) is 3.35. The van der Waals surface area contributed by atoms with Crippen molar-refractivity contribution < 1.29 is 14.3 Å². The number of aliphatic hydroxyl groups is 1. The lowest BCUT2D eigenvalue weighted by Crippen LogP contribution is -2.48. The molecule has 1 amide bonds. The Morgan fingerprint density at radius 2 is 2.16 bits per heavy atom. The molecule has 104 valence electrons. The molecule has 1 heterocycles. The average Bonchev–Trinajstić information content (AvgIpc) is 2.40. The van der Waals surface area contributed by atoms with Gasteiger partial charge in [-0.2, -0.15) is 11.8 Å². The Bertz CT molecular complexity index is 478. The molecule has 0 aliphatic carbocycles. The van der Waals surface area contributed by atoms with E-state index in [-0.39, 0.29) is 18.3 Å². The van der Waals surface area contributed by atoms with Crippen molar-refractivity contribution in [3.63, 3.8) is 0 Å². The minimum atomic E-state index is -1.26. The summed E-state index contributed by atoms with van der Waals surface area (Å²) in [5.74, 6) is 0.851. The van der Waals surface area contributed by atoms with Gasteiger partial charge in [0.05, 0.1) is 4.47 Å². The maximum absolute atomic E-state index is 13.3. The van der Waals surface area contributed by atoms with E-state index in [1.165, 1.54) is 6.07 Å². The molecule has 2 N–H and O–H groups in total. The first kappa shape index (κ1) is 14.8. The molecular weight excluding hydrogens is 333 g/mol. The van der Waals surface area contributed by atoms with Crippen molar-refractivity contribution in [1.82, 2.24) is 5.32 Å². The fourth-order valence-electron chi connectivity index (χ4n) is 1.93. The van der Waals surface area contributed by atoms with Crippen molar-refractivity contribution in [2.75, 3.05) is 11.5 Å². The third-order valence-corrected chi connectivity index (χ3v) is 4.81. The van der Waals surface area contributed by atoms with Crippen LogP contribution >= 0.6 is 27.7 Å². The van der Waals surface area contributed by atoms with Gasteiger partial charge in [-0.25, -0.2) is 4.39 Å². The highest BCUT2D eigenvalue weighted by molar-refractivity contribution is 9.10. The lowest BCUT2D eigenvalue weighted by molar-refractivity contribution is -0.140. The van der Waals surface area contributed by atoms with Gasteiger partial charge in [0, 0.05) is 6.54 Å². The number of amides is 1. The highest BCUT2D eigenvalue weighted by Gasteiger charge is 2.37. The summed E-state index contributed by atoms with van der Waals surface area (Å²) in [5.41, 5.74) is -0.595. The molecule has 3 nitrogen and oxygen atoms in total. The molecule has 0 radical (unpaired) electrons. The second kappa shape index (κ2) is 6.24. The van der Waals surface area contributed by atoms with Gasteiger partial charge < -0.3 is 10.4 Å². The number of halogens is 2. The van der Waals surface area contributed by atoms with Crippen molar-refractivity contribution in [3.8, 4) is 0 Å². The normalized spacial score (nSPS) is 18.1. The van der Waals surface area contributed by atoms with Gasteiger partial charge in [-0.05, 0) is 58.0 Å². The van der Waals surface area contributed by atoms with E-state index < -0.39 is 5.60 Å². The number of nitrogens with one attached hydrogen (secondary N) is 1. The minimum absolute atomic E-state index is 0.221. The molecule has 1 aromatic carbocycles. The fraction of sp³-hybridized carbons (Fsp3) is 0.462. The molecular formula is C13H15BrFNO2S. The van der Waals surface area contributed by atoms with Crippen LogP contribution in [0.15, 0.2) is 22.7 Å². The van der Waals surface area contributed by atoms with E-state index in [4.69, 9.17) is 0 Å². The van der Waals surface area contributed by atoms with Crippen LogP contribution in [0.5, 0.6) is 0 Å². The van der Waals surface area contributed by atoms with Gasteiger partial charge in [0.25, 0.3) is 5.91 Å². The first-order chi connectivity index (χ1) is 9.01. The molecule has 0 atom stereocenters. The average molecular weight is 348 g/mol. The van der Waals surface area contributed by atoms with Gasteiger partial charge in [-0.15, -0.1) is 0 Å². The monoisotopic (exact) mass is 347 g/mol. The van der Waals surface area contributed by atoms with Crippen LogP contribution in [0, 0.1) is 5.82 Å². The number of hydrogen-bond donors (Lipinski definition) is 2. The first-order valence-electron chi connectivity index (χ1n) is 6.04. The van der Waals surface area contributed by atoms with Gasteiger partial charge in [-0.1, -0.05) is 6.07 Å². The third-order valence-electron chi connectivity index (χ3n) is 3.18. The summed E-state index contributed by atoms with van der Waals surface area (Å²) >= 11 is 4.81. The summed E-state index contributed by atoms with van der Waals surface area (Å²) in [5, 5.41) is 12.9. The molecule has 0 unspecified atom stereocenters. The molecule has 0 bridgehead atoms. The Morgan fingerprint density at radius 1 is 1.47 bits per heavy atom. The second-order valence-corrected chi connectivity index (χ2v) is 6.65. The van der Waals surface area contributed by atoms with Crippen LogP contribution in [0.1, 0.15) is 18.4 Å². The smallest absolute Gasteiger partial charge is 0.252 e. The predicted octanol–water partition coefficient (Wildman–Crippen LogP) is 2.46. The number of rotatable bonds is 3. The molecule has 1 aliphatic heterocycles. The van der Waals surface area contributed by atoms with Gasteiger partial charge in [0.15, 0.2) is 0 Å². The summed E-state index contributed by atoms with van der Waals surface area (Å²) < 4.78 is 13.7. The topological polar surface area (TPSA) is 49.3 Å². The largest absolute Gasteiger partial charge is 0.380 e. The molecule has 0 spiro atoms. The van der Waals surface area contributed by atoms with Crippen LogP contribution in [-0.2, 0) is 11.3 Å². The van der Waals surface area contributed by atoms with Gasteiger partial charge >= 0.3 is 0 Å². The summed E-state index contributed by atoms with van der Waals surface area (Å²) in [4.78, 5) is 12.0. The maximum atomic E-state index is 13.3. The predicted molar refractivity (Wildman–Crippen MR) is 77.5 cm³/mol. The highest BCUT2D eigenvalue weighted by atomic mass is 79.9. The molecule has 1 saturated heterocycles. The number of carbonyl (C=O) groups is 1. The number of carbonyl (C=O) groups excluding carboxylic acids is 1. The molecule has 6 heteroatoms. The molecule has 0 aromatic heterocycles. The number of hydrogen-bond acceptors (Lipinski definition) is 3. The Labute approximate surface area is 124 Å². The maximum Gasteiger partial charge on any atom is 0.252 e. The van der Waals surface area contributed by atoms with Crippen LogP contribution < -0.4 is 5.32 Å². The quantitative estimate of drug-likeness (QED) is 0.882. The lowest BCUT2D eigenvalue weighted by atomic mass is 9.96.